The fourth-order valence-corrected chi connectivity index (χ4v) is 5.77. The van der Waals surface area contributed by atoms with Crippen molar-refractivity contribution in [2.45, 2.75) is 97.4 Å². The molecule has 11 nitrogen and oxygen atoms in total. The van der Waals surface area contributed by atoms with Crippen molar-refractivity contribution in [1.82, 2.24) is 15.5 Å². The first-order chi connectivity index (χ1) is 18.0. The van der Waals surface area contributed by atoms with Gasteiger partial charge in [0.15, 0.2) is 5.78 Å². The van der Waals surface area contributed by atoms with Crippen molar-refractivity contribution in [2.75, 3.05) is 6.54 Å². The number of likely N-dealkylation sites (tertiary alicyclic amines) is 1. The number of amides is 4. The van der Waals surface area contributed by atoms with Gasteiger partial charge in [-0.3, -0.25) is 24.0 Å². The summed E-state index contributed by atoms with van der Waals surface area (Å²) < 4.78 is 5.34. The number of allylic oxidation sites excluding steroid dienone is 1. The third kappa shape index (κ3) is 6.67. The molecule has 1 heterocycles. The van der Waals surface area contributed by atoms with Crippen LogP contribution < -0.4 is 16.4 Å². The van der Waals surface area contributed by atoms with Gasteiger partial charge in [-0.2, -0.15) is 0 Å². The van der Waals surface area contributed by atoms with Gasteiger partial charge in [0, 0.05) is 13.0 Å². The van der Waals surface area contributed by atoms with Crippen LogP contribution >= 0.6 is 0 Å². The molecule has 216 valence electrons. The first kappa shape index (κ1) is 30.3. The van der Waals surface area contributed by atoms with Gasteiger partial charge in [0.05, 0.1) is 0 Å². The predicted octanol–water partition coefficient (Wildman–Crippen LogP) is 1.63. The highest BCUT2D eigenvalue weighted by atomic mass is 16.6. The number of nitrogens with two attached hydrogens (primary N) is 1. The molecule has 3 rings (SSSR count). The number of piperidine rings is 1. The van der Waals surface area contributed by atoms with Crippen molar-refractivity contribution < 1.29 is 33.5 Å². The van der Waals surface area contributed by atoms with Crippen LogP contribution in [0.5, 0.6) is 0 Å². The van der Waals surface area contributed by atoms with Crippen LogP contribution in [0.4, 0.5) is 4.79 Å². The first-order valence-electron chi connectivity index (χ1n) is 13.6. The summed E-state index contributed by atoms with van der Waals surface area (Å²) in [6, 6.07) is -3.06. The van der Waals surface area contributed by atoms with Crippen LogP contribution in [0.25, 0.3) is 0 Å². The second-order valence-corrected chi connectivity index (χ2v) is 12.7. The van der Waals surface area contributed by atoms with Gasteiger partial charge < -0.3 is 26.0 Å². The fourth-order valence-electron chi connectivity index (χ4n) is 5.77. The second-order valence-electron chi connectivity index (χ2n) is 12.7. The van der Waals surface area contributed by atoms with Gasteiger partial charge in [-0.15, -0.1) is 0 Å². The summed E-state index contributed by atoms with van der Waals surface area (Å²) in [4.78, 5) is 78.0. The van der Waals surface area contributed by atoms with Gasteiger partial charge in [0.2, 0.25) is 17.6 Å². The molecule has 2 aliphatic carbocycles. The Hall–Kier alpha value is -3.24. The summed E-state index contributed by atoms with van der Waals surface area (Å²) in [6.07, 6.45) is 1.42. The molecule has 0 aromatic rings. The SMILES string of the molecule is C=C(C)C(=O)CC[C@H](NC(=O)OC(C)(C)C)C(=O)N1CC2C(C1C(=O)NC(C(=O)C(N)=O)C1CCC1)C2(C)C. The lowest BCUT2D eigenvalue weighted by Crippen LogP contribution is -2.59. The summed E-state index contributed by atoms with van der Waals surface area (Å²) in [6.45, 7) is 14.6. The van der Waals surface area contributed by atoms with E-state index in [4.69, 9.17) is 10.5 Å². The molecule has 3 aliphatic rings. The largest absolute Gasteiger partial charge is 0.444 e. The van der Waals surface area contributed by atoms with Crippen molar-refractivity contribution in [3.63, 3.8) is 0 Å². The molecule has 5 atom stereocenters. The van der Waals surface area contributed by atoms with Crippen LogP contribution in [0.3, 0.4) is 0 Å². The smallest absolute Gasteiger partial charge is 0.408 e. The number of alkyl carbamates (subject to hydrolysis) is 1. The molecule has 0 aromatic carbocycles. The lowest BCUT2D eigenvalue weighted by atomic mass is 9.78. The monoisotopic (exact) mass is 546 g/mol. The summed E-state index contributed by atoms with van der Waals surface area (Å²) in [5.41, 5.74) is 4.57. The van der Waals surface area contributed by atoms with Crippen LogP contribution in [0, 0.1) is 23.2 Å². The van der Waals surface area contributed by atoms with Crippen LogP contribution in [0.15, 0.2) is 12.2 Å². The number of hydrogen-bond donors (Lipinski definition) is 3. The normalized spacial score (nSPS) is 24.9. The maximum Gasteiger partial charge on any atom is 0.408 e. The summed E-state index contributed by atoms with van der Waals surface area (Å²) in [5.74, 6) is -3.54. The van der Waals surface area contributed by atoms with Gasteiger partial charge in [0.25, 0.3) is 5.91 Å². The molecular formula is C28H42N4O7. The van der Waals surface area contributed by atoms with Crippen LogP contribution in [0.2, 0.25) is 0 Å². The number of carbonyl (C=O) groups excluding carboxylic acids is 6. The van der Waals surface area contributed by atoms with Crippen molar-refractivity contribution in [3.05, 3.63) is 12.2 Å². The number of primary amides is 1. The number of nitrogens with one attached hydrogen (secondary N) is 2. The van der Waals surface area contributed by atoms with E-state index >= 15 is 0 Å². The van der Waals surface area contributed by atoms with E-state index < -0.39 is 53.3 Å². The standard InChI is InChI=1S/C28H42N4O7/c1-14(2)18(33)12-11-17(30-26(38)39-27(3,4)5)25(37)32-13-16-19(28(16,6)7)21(32)24(36)31-20(15-9-8-10-15)22(34)23(29)35/h15-17,19-21H,1,8-13H2,2-7H3,(H2,29,35)(H,30,38)(H,31,36)/t16?,17-,19?,20?,21?/m0/s1. The zero-order chi connectivity index (χ0) is 29.4. The molecule has 0 radical (unpaired) electrons. The average molecular weight is 547 g/mol. The van der Waals surface area contributed by atoms with Gasteiger partial charge in [-0.1, -0.05) is 26.8 Å². The Morgan fingerprint density at radius 1 is 1.10 bits per heavy atom. The quantitative estimate of drug-likeness (QED) is 0.262. The zero-order valence-corrected chi connectivity index (χ0v) is 23.8. The number of fused-ring (bicyclic) bond motifs is 1. The minimum absolute atomic E-state index is 0.00179. The van der Waals surface area contributed by atoms with Crippen LogP contribution in [-0.2, 0) is 28.7 Å². The van der Waals surface area contributed by atoms with E-state index in [-0.39, 0.29) is 48.3 Å². The van der Waals surface area contributed by atoms with Gasteiger partial charge in [-0.25, -0.2) is 4.79 Å². The van der Waals surface area contributed by atoms with E-state index in [2.05, 4.69) is 17.2 Å². The summed E-state index contributed by atoms with van der Waals surface area (Å²) >= 11 is 0. The predicted molar refractivity (Wildman–Crippen MR) is 142 cm³/mol. The number of ketones is 2. The highest BCUT2D eigenvalue weighted by molar-refractivity contribution is 6.38. The number of ether oxygens (including phenoxy) is 1. The Labute approximate surface area is 229 Å². The molecule has 39 heavy (non-hydrogen) atoms. The van der Waals surface area contributed by atoms with E-state index in [0.717, 1.165) is 6.42 Å². The Bertz CT molecular complexity index is 1070. The molecule has 1 aliphatic heterocycles. The molecule has 11 heteroatoms. The van der Waals surface area contributed by atoms with Crippen molar-refractivity contribution in [1.29, 1.82) is 0 Å². The number of rotatable bonds is 11. The summed E-state index contributed by atoms with van der Waals surface area (Å²) in [7, 11) is 0. The lowest BCUT2D eigenvalue weighted by Gasteiger charge is -2.36. The van der Waals surface area contributed by atoms with E-state index in [1.165, 1.54) is 4.90 Å². The van der Waals surface area contributed by atoms with E-state index in [9.17, 15) is 28.8 Å². The van der Waals surface area contributed by atoms with Gasteiger partial charge in [-0.05, 0) is 75.7 Å². The molecule has 1 saturated heterocycles. The van der Waals surface area contributed by atoms with E-state index in [1.54, 1.807) is 27.7 Å². The molecule has 0 spiro atoms. The Balaban J connectivity index is 1.84. The van der Waals surface area contributed by atoms with Gasteiger partial charge >= 0.3 is 6.09 Å². The number of nitrogens with zero attached hydrogens (tertiary/aromatic N) is 1. The lowest BCUT2D eigenvalue weighted by molar-refractivity contribution is -0.144. The van der Waals surface area contributed by atoms with Crippen LogP contribution in [-0.4, -0.2) is 70.6 Å². The van der Waals surface area contributed by atoms with Gasteiger partial charge in [0.1, 0.15) is 23.7 Å². The van der Waals surface area contributed by atoms with Crippen molar-refractivity contribution >= 4 is 35.4 Å². The number of hydrogen-bond acceptors (Lipinski definition) is 7. The van der Waals surface area contributed by atoms with Crippen LogP contribution in [0.1, 0.15) is 73.6 Å². The van der Waals surface area contributed by atoms with E-state index in [1.807, 2.05) is 13.8 Å². The second kappa shape index (κ2) is 11.1. The average Bonchev–Trinajstić information content (AvgIpc) is 3.12. The topological polar surface area (TPSA) is 165 Å². The third-order valence-electron chi connectivity index (χ3n) is 8.33. The molecule has 0 bridgehead atoms. The maximum absolute atomic E-state index is 13.9. The summed E-state index contributed by atoms with van der Waals surface area (Å²) in [5, 5.41) is 5.32. The molecule has 0 aromatic heterocycles. The van der Waals surface area contributed by atoms with Crippen molar-refractivity contribution in [2.24, 2.45) is 28.9 Å². The highest BCUT2D eigenvalue weighted by Gasteiger charge is 2.69. The zero-order valence-electron chi connectivity index (χ0n) is 23.8. The maximum atomic E-state index is 13.9. The number of carbonyl (C=O) groups is 6. The molecule has 4 unspecified atom stereocenters. The van der Waals surface area contributed by atoms with E-state index in [0.29, 0.717) is 18.4 Å². The highest BCUT2D eigenvalue weighted by Crippen LogP contribution is 2.65. The molecule has 2 saturated carbocycles. The Kier molecular flexibility index (Phi) is 8.62. The molecule has 3 fully saturated rings. The van der Waals surface area contributed by atoms with Crippen molar-refractivity contribution in [3.8, 4) is 0 Å². The first-order valence-corrected chi connectivity index (χ1v) is 13.6. The molecule has 4 amide bonds. The number of Topliss-reactive ketones (excluding diaryl/α,β-unsaturated/α-hetero) is 2. The minimum atomic E-state index is -1.12. The third-order valence-corrected chi connectivity index (χ3v) is 8.33. The fraction of sp³-hybridized carbons (Fsp3) is 0.714. The minimum Gasteiger partial charge on any atom is -0.444 e. The molecular weight excluding hydrogens is 504 g/mol. The molecule has 4 N–H and O–H groups in total. The Morgan fingerprint density at radius 3 is 2.21 bits per heavy atom. The Morgan fingerprint density at radius 2 is 1.72 bits per heavy atom.